The summed E-state index contributed by atoms with van der Waals surface area (Å²) in [5.74, 6) is 0.225. The molecule has 2 amide bonds. The molecule has 0 bridgehead atoms. The van der Waals surface area contributed by atoms with Crippen molar-refractivity contribution in [3.63, 3.8) is 0 Å². The van der Waals surface area contributed by atoms with E-state index in [0.717, 1.165) is 31.6 Å². The zero-order valence-electron chi connectivity index (χ0n) is 16.9. The predicted molar refractivity (Wildman–Crippen MR) is 103 cm³/mol. The van der Waals surface area contributed by atoms with Gasteiger partial charge in [-0.05, 0) is 32.6 Å². The van der Waals surface area contributed by atoms with Crippen molar-refractivity contribution in [2.75, 3.05) is 32.8 Å². The summed E-state index contributed by atoms with van der Waals surface area (Å²) in [6.07, 6.45) is 5.68. The molecule has 3 heterocycles. The van der Waals surface area contributed by atoms with Gasteiger partial charge in [-0.3, -0.25) is 14.3 Å². The number of nitrogens with zero attached hydrogens (tertiary/aromatic N) is 4. The van der Waals surface area contributed by atoms with Crippen LogP contribution in [0, 0.1) is 6.92 Å². The first-order chi connectivity index (χ1) is 13.0. The monoisotopic (exact) mass is 376 g/mol. The third kappa shape index (κ3) is 4.34. The van der Waals surface area contributed by atoms with Gasteiger partial charge in [-0.15, -0.1) is 0 Å². The molecule has 0 radical (unpaired) electrons. The van der Waals surface area contributed by atoms with Gasteiger partial charge < -0.3 is 14.5 Å². The normalized spacial score (nSPS) is 20.2. The van der Waals surface area contributed by atoms with Gasteiger partial charge in [0.15, 0.2) is 0 Å². The van der Waals surface area contributed by atoms with Gasteiger partial charge in [0, 0.05) is 38.9 Å². The van der Waals surface area contributed by atoms with Crippen LogP contribution in [0.4, 0.5) is 0 Å². The van der Waals surface area contributed by atoms with Crippen LogP contribution in [0.5, 0.6) is 0 Å². The average molecular weight is 377 g/mol. The highest BCUT2D eigenvalue weighted by atomic mass is 16.5. The minimum atomic E-state index is -0.405. The average Bonchev–Trinajstić information content (AvgIpc) is 2.94. The SMILES string of the molecule is CCCN1CCOC2(CCN(C(=O)c3cn(CCC)nc3C)CC2)CC1=O. The molecule has 2 saturated heterocycles. The minimum absolute atomic E-state index is 0.0391. The molecule has 0 atom stereocenters. The van der Waals surface area contributed by atoms with Crippen LogP contribution in [0.3, 0.4) is 0 Å². The van der Waals surface area contributed by atoms with E-state index < -0.39 is 5.60 Å². The molecule has 0 aromatic carbocycles. The van der Waals surface area contributed by atoms with Gasteiger partial charge >= 0.3 is 0 Å². The van der Waals surface area contributed by atoms with Gasteiger partial charge in [0.05, 0.1) is 29.9 Å². The Morgan fingerprint density at radius 1 is 1.19 bits per heavy atom. The number of hydrogen-bond acceptors (Lipinski definition) is 4. The maximum absolute atomic E-state index is 12.9. The molecule has 1 aromatic rings. The van der Waals surface area contributed by atoms with E-state index in [2.05, 4.69) is 18.9 Å². The zero-order valence-corrected chi connectivity index (χ0v) is 16.9. The van der Waals surface area contributed by atoms with Crippen LogP contribution in [-0.2, 0) is 16.1 Å². The molecule has 0 aliphatic carbocycles. The van der Waals surface area contributed by atoms with E-state index in [-0.39, 0.29) is 11.8 Å². The Bertz CT molecular complexity index is 677. The molecule has 0 saturated carbocycles. The van der Waals surface area contributed by atoms with Gasteiger partial charge in [0.25, 0.3) is 5.91 Å². The van der Waals surface area contributed by atoms with Crippen LogP contribution in [0.15, 0.2) is 6.20 Å². The van der Waals surface area contributed by atoms with Crippen LogP contribution in [0.25, 0.3) is 0 Å². The number of ether oxygens (including phenoxy) is 1. The fourth-order valence-corrected chi connectivity index (χ4v) is 4.12. The molecule has 0 unspecified atom stereocenters. The number of rotatable bonds is 5. The lowest BCUT2D eigenvalue weighted by Gasteiger charge is -2.40. The third-order valence-electron chi connectivity index (χ3n) is 5.68. The fraction of sp³-hybridized carbons (Fsp3) is 0.750. The molecule has 2 aliphatic heterocycles. The van der Waals surface area contributed by atoms with E-state index in [1.165, 1.54) is 0 Å². The summed E-state index contributed by atoms with van der Waals surface area (Å²) >= 11 is 0. The van der Waals surface area contributed by atoms with Crippen molar-refractivity contribution in [1.29, 1.82) is 0 Å². The van der Waals surface area contributed by atoms with E-state index in [1.54, 1.807) is 0 Å². The molecule has 3 rings (SSSR count). The molecular weight excluding hydrogens is 344 g/mol. The molecule has 7 nitrogen and oxygen atoms in total. The summed E-state index contributed by atoms with van der Waals surface area (Å²) in [5.41, 5.74) is 1.06. The Balaban J connectivity index is 1.63. The van der Waals surface area contributed by atoms with Crippen LogP contribution in [0.1, 0.15) is 62.0 Å². The van der Waals surface area contributed by atoms with Crippen LogP contribution >= 0.6 is 0 Å². The zero-order chi connectivity index (χ0) is 19.4. The van der Waals surface area contributed by atoms with Crippen molar-refractivity contribution in [2.24, 2.45) is 0 Å². The predicted octanol–water partition coefficient (Wildman–Crippen LogP) is 2.24. The van der Waals surface area contributed by atoms with E-state index in [9.17, 15) is 9.59 Å². The quantitative estimate of drug-likeness (QED) is 0.790. The van der Waals surface area contributed by atoms with Crippen LogP contribution < -0.4 is 0 Å². The summed E-state index contributed by atoms with van der Waals surface area (Å²) in [5, 5.41) is 4.44. The summed E-state index contributed by atoms with van der Waals surface area (Å²) in [4.78, 5) is 29.3. The summed E-state index contributed by atoms with van der Waals surface area (Å²) in [7, 11) is 0. The summed E-state index contributed by atoms with van der Waals surface area (Å²) in [6.45, 7) is 10.2. The van der Waals surface area contributed by atoms with Gasteiger partial charge in [-0.25, -0.2) is 0 Å². The maximum atomic E-state index is 12.9. The number of aryl methyl sites for hydroxylation is 2. The highest BCUT2D eigenvalue weighted by molar-refractivity contribution is 5.95. The first-order valence-corrected chi connectivity index (χ1v) is 10.2. The first kappa shape index (κ1) is 19.9. The molecule has 7 heteroatoms. The van der Waals surface area contributed by atoms with Crippen molar-refractivity contribution in [1.82, 2.24) is 19.6 Å². The van der Waals surface area contributed by atoms with Crippen LogP contribution in [-0.4, -0.2) is 69.8 Å². The Morgan fingerprint density at radius 3 is 2.56 bits per heavy atom. The second-order valence-electron chi connectivity index (χ2n) is 7.77. The topological polar surface area (TPSA) is 67.7 Å². The standard InChI is InChI=1S/C20H32N4O3/c1-4-8-22-12-13-27-20(14-18(22)25)6-10-23(11-7-20)19(26)17-15-24(9-5-2)21-16(17)3/h15H,4-14H2,1-3H3. The molecule has 2 fully saturated rings. The number of amides is 2. The van der Waals surface area contributed by atoms with Crippen molar-refractivity contribution in [3.05, 3.63) is 17.5 Å². The highest BCUT2D eigenvalue weighted by Crippen LogP contribution is 2.33. The fourth-order valence-electron chi connectivity index (χ4n) is 4.12. The first-order valence-electron chi connectivity index (χ1n) is 10.2. The number of piperidine rings is 1. The molecule has 150 valence electrons. The summed E-state index contributed by atoms with van der Waals surface area (Å²) < 4.78 is 8.01. The van der Waals surface area contributed by atoms with Crippen LogP contribution in [0.2, 0.25) is 0 Å². The molecule has 27 heavy (non-hydrogen) atoms. The van der Waals surface area contributed by atoms with Crippen molar-refractivity contribution in [2.45, 2.75) is 65.0 Å². The number of likely N-dealkylation sites (tertiary alicyclic amines) is 1. The second kappa shape index (κ2) is 8.42. The second-order valence-corrected chi connectivity index (χ2v) is 7.77. The lowest BCUT2D eigenvalue weighted by Crippen LogP contribution is -2.49. The largest absolute Gasteiger partial charge is 0.372 e. The van der Waals surface area contributed by atoms with E-state index in [4.69, 9.17) is 4.74 Å². The third-order valence-corrected chi connectivity index (χ3v) is 5.68. The van der Waals surface area contributed by atoms with Gasteiger partial charge in [-0.1, -0.05) is 13.8 Å². The maximum Gasteiger partial charge on any atom is 0.257 e. The Hall–Kier alpha value is -1.89. The van der Waals surface area contributed by atoms with Gasteiger partial charge in [0.1, 0.15) is 0 Å². The van der Waals surface area contributed by atoms with Crippen molar-refractivity contribution < 1.29 is 14.3 Å². The number of carbonyl (C=O) groups excluding carboxylic acids is 2. The van der Waals surface area contributed by atoms with E-state index >= 15 is 0 Å². The van der Waals surface area contributed by atoms with Gasteiger partial charge in [-0.2, -0.15) is 5.10 Å². The number of carbonyl (C=O) groups is 2. The van der Waals surface area contributed by atoms with E-state index in [0.29, 0.717) is 51.1 Å². The molecule has 1 aromatic heterocycles. The van der Waals surface area contributed by atoms with Crippen molar-refractivity contribution >= 4 is 11.8 Å². The van der Waals surface area contributed by atoms with E-state index in [1.807, 2.05) is 27.6 Å². The van der Waals surface area contributed by atoms with Gasteiger partial charge in [0.2, 0.25) is 5.91 Å². The smallest absolute Gasteiger partial charge is 0.257 e. The Labute approximate surface area is 161 Å². The molecular formula is C20H32N4O3. The number of aromatic nitrogens is 2. The van der Waals surface area contributed by atoms with Crippen molar-refractivity contribution in [3.8, 4) is 0 Å². The Kier molecular flexibility index (Phi) is 6.19. The minimum Gasteiger partial charge on any atom is -0.372 e. The Morgan fingerprint density at radius 2 is 1.89 bits per heavy atom. The lowest BCUT2D eigenvalue weighted by atomic mass is 9.87. The lowest BCUT2D eigenvalue weighted by molar-refractivity contribution is -0.135. The molecule has 2 aliphatic rings. The summed E-state index contributed by atoms with van der Waals surface area (Å²) in [6, 6.07) is 0. The highest BCUT2D eigenvalue weighted by Gasteiger charge is 2.41. The molecule has 1 spiro atoms. The number of hydrogen-bond donors (Lipinski definition) is 0. The molecule has 0 N–H and O–H groups in total.